The van der Waals surface area contributed by atoms with Gasteiger partial charge in [0, 0.05) is 29.6 Å². The molecule has 9 heteroatoms. The molecule has 2 heterocycles. The molecule has 5 atom stereocenters. The number of benzene rings is 1. The van der Waals surface area contributed by atoms with E-state index in [2.05, 4.69) is 13.8 Å². The van der Waals surface area contributed by atoms with Gasteiger partial charge in [-0.25, -0.2) is 0 Å². The Kier molecular flexibility index (Phi) is 7.25. The predicted octanol–water partition coefficient (Wildman–Crippen LogP) is 1.51. The lowest BCUT2D eigenvalue weighted by molar-refractivity contribution is -0.278. The largest absolute Gasteiger partial charge is 0.497 e. The highest BCUT2D eigenvalue weighted by Gasteiger charge is 2.45. The van der Waals surface area contributed by atoms with Crippen LogP contribution < -0.4 is 9.47 Å². The molecule has 2 aromatic rings. The van der Waals surface area contributed by atoms with E-state index in [0.29, 0.717) is 18.2 Å². The number of rotatable bonds is 8. The van der Waals surface area contributed by atoms with E-state index in [1.165, 1.54) is 6.42 Å². The molecule has 1 aliphatic heterocycles. The Bertz CT molecular complexity index is 924. The zero-order valence-electron chi connectivity index (χ0n) is 19.3. The first kappa shape index (κ1) is 24.0. The van der Waals surface area contributed by atoms with Crippen molar-refractivity contribution in [2.24, 2.45) is 0 Å². The van der Waals surface area contributed by atoms with Crippen molar-refractivity contribution < 1.29 is 34.6 Å². The zero-order valence-corrected chi connectivity index (χ0v) is 19.3. The summed E-state index contributed by atoms with van der Waals surface area (Å²) in [4.78, 5) is 0. The van der Waals surface area contributed by atoms with Gasteiger partial charge < -0.3 is 34.6 Å². The van der Waals surface area contributed by atoms with E-state index < -0.39 is 37.3 Å². The van der Waals surface area contributed by atoms with E-state index in [1.807, 2.05) is 28.9 Å². The number of aromatic nitrogens is 2. The number of nitrogens with zero attached hydrogens (tertiary/aromatic N) is 2. The molecule has 33 heavy (non-hydrogen) atoms. The lowest BCUT2D eigenvalue weighted by Gasteiger charge is -2.39. The SMILES string of the molecule is COc1ccc(Cc2c(O[C@@H]3O[C@H](CO)[C@@H](O)[C@H](O)[C@H]3O)nn(C(C)C)c2C2CCC2)cc1. The summed E-state index contributed by atoms with van der Waals surface area (Å²) in [7, 11) is 1.63. The number of methoxy groups -OCH3 is 1. The van der Waals surface area contributed by atoms with Crippen molar-refractivity contribution in [1.29, 1.82) is 0 Å². The summed E-state index contributed by atoms with van der Waals surface area (Å²) < 4.78 is 18.9. The van der Waals surface area contributed by atoms with Crippen LogP contribution >= 0.6 is 0 Å². The first-order chi connectivity index (χ1) is 15.8. The van der Waals surface area contributed by atoms with Crippen LogP contribution in [-0.4, -0.2) is 74.6 Å². The lowest BCUT2D eigenvalue weighted by Crippen LogP contribution is -2.60. The molecular weight excluding hydrogens is 428 g/mol. The maximum absolute atomic E-state index is 10.5. The van der Waals surface area contributed by atoms with E-state index >= 15 is 0 Å². The van der Waals surface area contributed by atoms with Gasteiger partial charge in [-0.15, -0.1) is 5.10 Å². The molecule has 1 saturated carbocycles. The van der Waals surface area contributed by atoms with Gasteiger partial charge in [-0.05, 0) is 44.4 Å². The second-order valence-corrected chi connectivity index (χ2v) is 9.18. The number of ether oxygens (including phenoxy) is 3. The van der Waals surface area contributed by atoms with E-state index in [4.69, 9.17) is 19.3 Å². The summed E-state index contributed by atoms with van der Waals surface area (Å²) in [5, 5.41) is 45.0. The molecule has 1 aliphatic carbocycles. The maximum Gasteiger partial charge on any atom is 0.239 e. The Hall–Kier alpha value is -2.17. The third kappa shape index (κ3) is 4.74. The van der Waals surface area contributed by atoms with Crippen LogP contribution in [0.3, 0.4) is 0 Å². The third-order valence-electron chi connectivity index (χ3n) is 6.61. The number of hydrogen-bond acceptors (Lipinski definition) is 8. The van der Waals surface area contributed by atoms with Crippen LogP contribution in [-0.2, 0) is 11.2 Å². The van der Waals surface area contributed by atoms with E-state index in [0.717, 1.165) is 35.4 Å². The van der Waals surface area contributed by atoms with Gasteiger partial charge in [0.2, 0.25) is 12.2 Å². The molecule has 0 radical (unpaired) electrons. The fourth-order valence-corrected chi connectivity index (χ4v) is 4.45. The van der Waals surface area contributed by atoms with Gasteiger partial charge >= 0.3 is 0 Å². The third-order valence-corrected chi connectivity index (χ3v) is 6.61. The molecule has 4 rings (SSSR count). The number of aliphatic hydroxyl groups is 4. The highest BCUT2D eigenvalue weighted by atomic mass is 16.7. The van der Waals surface area contributed by atoms with Gasteiger partial charge in [0.05, 0.1) is 13.7 Å². The van der Waals surface area contributed by atoms with Crippen LogP contribution in [0.25, 0.3) is 0 Å². The molecular formula is C24H34N2O7. The number of aliphatic hydroxyl groups excluding tert-OH is 4. The van der Waals surface area contributed by atoms with Crippen LogP contribution in [0.15, 0.2) is 24.3 Å². The summed E-state index contributed by atoms with van der Waals surface area (Å²) in [6.07, 6.45) is -2.88. The second kappa shape index (κ2) is 9.99. The molecule has 0 amide bonds. The Morgan fingerprint density at radius 3 is 2.33 bits per heavy atom. The quantitative estimate of drug-likeness (QED) is 0.465. The van der Waals surface area contributed by atoms with Crippen LogP contribution in [0.1, 0.15) is 61.9 Å². The van der Waals surface area contributed by atoms with Crippen LogP contribution in [0.2, 0.25) is 0 Å². The molecule has 182 valence electrons. The fourth-order valence-electron chi connectivity index (χ4n) is 4.45. The molecule has 2 fully saturated rings. The van der Waals surface area contributed by atoms with Gasteiger partial charge in [-0.2, -0.15) is 0 Å². The summed E-state index contributed by atoms with van der Waals surface area (Å²) in [5.74, 6) is 1.47. The fraction of sp³-hybridized carbons (Fsp3) is 0.625. The van der Waals surface area contributed by atoms with Gasteiger partial charge in [0.15, 0.2) is 0 Å². The van der Waals surface area contributed by atoms with Crippen molar-refractivity contribution in [3.63, 3.8) is 0 Å². The summed E-state index contributed by atoms with van der Waals surface area (Å²) in [5.41, 5.74) is 3.08. The van der Waals surface area contributed by atoms with Crippen LogP contribution in [0, 0.1) is 0 Å². The molecule has 9 nitrogen and oxygen atoms in total. The van der Waals surface area contributed by atoms with Gasteiger partial charge in [-0.1, -0.05) is 18.6 Å². The molecule has 1 aromatic carbocycles. The topological polar surface area (TPSA) is 126 Å². The monoisotopic (exact) mass is 462 g/mol. The molecule has 0 spiro atoms. The zero-order chi connectivity index (χ0) is 23.7. The highest BCUT2D eigenvalue weighted by Crippen LogP contribution is 2.43. The average molecular weight is 463 g/mol. The molecule has 0 bridgehead atoms. The predicted molar refractivity (Wildman–Crippen MR) is 119 cm³/mol. The number of hydrogen-bond donors (Lipinski definition) is 4. The summed E-state index contributed by atoms with van der Waals surface area (Å²) in [6, 6.07) is 7.90. The summed E-state index contributed by atoms with van der Waals surface area (Å²) in [6.45, 7) is 3.60. The Labute approximate surface area is 193 Å². The summed E-state index contributed by atoms with van der Waals surface area (Å²) >= 11 is 0. The maximum atomic E-state index is 10.5. The first-order valence-electron chi connectivity index (χ1n) is 11.5. The van der Waals surface area contributed by atoms with E-state index in [9.17, 15) is 20.4 Å². The van der Waals surface area contributed by atoms with Crippen molar-refractivity contribution in [3.05, 3.63) is 41.1 Å². The Balaban J connectivity index is 1.70. The molecule has 0 unspecified atom stereocenters. The minimum absolute atomic E-state index is 0.0994. The van der Waals surface area contributed by atoms with Crippen molar-refractivity contribution in [3.8, 4) is 11.6 Å². The molecule has 2 aliphatic rings. The minimum atomic E-state index is -1.51. The molecule has 4 N–H and O–H groups in total. The molecule has 1 saturated heterocycles. The van der Waals surface area contributed by atoms with Crippen molar-refractivity contribution in [2.75, 3.05) is 13.7 Å². The smallest absolute Gasteiger partial charge is 0.239 e. The van der Waals surface area contributed by atoms with Gasteiger partial charge in [-0.3, -0.25) is 4.68 Å². The lowest BCUT2D eigenvalue weighted by atomic mass is 9.80. The first-order valence-corrected chi connectivity index (χ1v) is 11.5. The van der Waals surface area contributed by atoms with Crippen molar-refractivity contribution in [1.82, 2.24) is 9.78 Å². The Morgan fingerprint density at radius 1 is 1.09 bits per heavy atom. The van der Waals surface area contributed by atoms with Gasteiger partial charge in [0.1, 0.15) is 30.2 Å². The Morgan fingerprint density at radius 2 is 1.79 bits per heavy atom. The van der Waals surface area contributed by atoms with Crippen LogP contribution in [0.5, 0.6) is 11.6 Å². The second-order valence-electron chi connectivity index (χ2n) is 9.18. The van der Waals surface area contributed by atoms with Crippen molar-refractivity contribution >= 4 is 0 Å². The van der Waals surface area contributed by atoms with E-state index in [-0.39, 0.29) is 6.04 Å². The van der Waals surface area contributed by atoms with Gasteiger partial charge in [0.25, 0.3) is 0 Å². The highest BCUT2D eigenvalue weighted by molar-refractivity contribution is 5.41. The van der Waals surface area contributed by atoms with Crippen molar-refractivity contribution in [2.45, 2.75) is 82.2 Å². The average Bonchev–Trinajstić information content (AvgIpc) is 3.11. The molecule has 1 aromatic heterocycles. The normalized spacial score (nSPS) is 28.1. The van der Waals surface area contributed by atoms with Crippen LogP contribution in [0.4, 0.5) is 0 Å². The standard InChI is InChI=1S/C24H34N2O7/c1-13(2)26-19(15-5-4-6-15)17(11-14-7-9-16(31-3)10-8-14)23(25-26)33-24-22(30)21(29)20(28)18(12-27)32-24/h7-10,13,15,18,20-22,24,27-30H,4-6,11-12H2,1-3H3/t18-,20-,21+,22-,24+/m1/s1. The van der Waals surface area contributed by atoms with E-state index in [1.54, 1.807) is 7.11 Å². The minimum Gasteiger partial charge on any atom is -0.497 e.